The second-order valence-electron chi connectivity index (χ2n) is 6.73. The number of methoxy groups -OCH3 is 1. The third-order valence-corrected chi connectivity index (χ3v) is 4.78. The summed E-state index contributed by atoms with van der Waals surface area (Å²) in [5.74, 6) is 0.406. The van der Waals surface area contributed by atoms with Crippen molar-refractivity contribution in [1.29, 1.82) is 5.41 Å². The predicted octanol–water partition coefficient (Wildman–Crippen LogP) is 3.19. The van der Waals surface area contributed by atoms with Gasteiger partial charge in [0, 0.05) is 41.4 Å². The van der Waals surface area contributed by atoms with E-state index in [1.807, 2.05) is 24.3 Å². The number of carbonyl (C=O) groups is 1. The van der Waals surface area contributed by atoms with Gasteiger partial charge in [0.15, 0.2) is 0 Å². The van der Waals surface area contributed by atoms with E-state index in [0.29, 0.717) is 34.7 Å². The lowest BCUT2D eigenvalue weighted by molar-refractivity contribution is 0.0930. The lowest BCUT2D eigenvalue weighted by atomic mass is 10.0. The molecule has 1 amide bonds. The highest BCUT2D eigenvalue weighted by Gasteiger charge is 2.17. The molecule has 1 atom stereocenters. The van der Waals surface area contributed by atoms with Gasteiger partial charge in [0.1, 0.15) is 5.75 Å². The first kappa shape index (κ1) is 21.0. The number of nitrogen functional groups attached to an aromatic ring is 1. The Bertz CT molecular complexity index is 1050. The average Bonchev–Trinajstić information content (AvgIpc) is 2.79. The van der Waals surface area contributed by atoms with Crippen LogP contribution in [0.4, 0.5) is 5.69 Å². The molecule has 0 saturated carbocycles. The van der Waals surface area contributed by atoms with Gasteiger partial charge in [-0.1, -0.05) is 18.2 Å². The van der Waals surface area contributed by atoms with Gasteiger partial charge in [-0.3, -0.25) is 9.78 Å². The van der Waals surface area contributed by atoms with Crippen molar-refractivity contribution in [3.63, 3.8) is 0 Å². The van der Waals surface area contributed by atoms with Crippen molar-refractivity contribution in [3.8, 4) is 17.0 Å². The maximum Gasteiger partial charge on any atom is 0.251 e. The van der Waals surface area contributed by atoms with Gasteiger partial charge in [0.25, 0.3) is 5.91 Å². The largest absolute Gasteiger partial charge is 0.497 e. The van der Waals surface area contributed by atoms with E-state index in [1.54, 1.807) is 43.6 Å². The minimum Gasteiger partial charge on any atom is -0.497 e. The van der Waals surface area contributed by atoms with Crippen LogP contribution in [0.5, 0.6) is 5.75 Å². The molecule has 30 heavy (non-hydrogen) atoms. The average molecular weight is 404 g/mol. The van der Waals surface area contributed by atoms with E-state index in [4.69, 9.17) is 15.9 Å². The quantitative estimate of drug-likeness (QED) is 0.339. The van der Waals surface area contributed by atoms with Crippen molar-refractivity contribution in [2.75, 3.05) is 19.5 Å². The third kappa shape index (κ3) is 4.82. The lowest BCUT2D eigenvalue weighted by Crippen LogP contribution is -2.29. The summed E-state index contributed by atoms with van der Waals surface area (Å²) in [5, 5.41) is 19.9. The van der Waals surface area contributed by atoms with E-state index in [1.165, 1.54) is 6.21 Å². The summed E-state index contributed by atoms with van der Waals surface area (Å²) >= 11 is 0. The summed E-state index contributed by atoms with van der Waals surface area (Å²) in [6.07, 6.45) is 3.12. The summed E-state index contributed by atoms with van der Waals surface area (Å²) in [5.41, 5.74) is 9.60. The molecule has 154 valence electrons. The summed E-state index contributed by atoms with van der Waals surface area (Å²) in [4.78, 5) is 17.3. The summed E-state index contributed by atoms with van der Waals surface area (Å²) in [6.45, 7) is -0.0679. The summed E-state index contributed by atoms with van der Waals surface area (Å²) < 4.78 is 5.26. The second kappa shape index (κ2) is 9.67. The number of carbonyl (C=O) groups excluding carboxylic acids is 1. The van der Waals surface area contributed by atoms with Crippen LogP contribution < -0.4 is 15.8 Å². The molecule has 7 nitrogen and oxygen atoms in total. The Labute approximate surface area is 175 Å². The van der Waals surface area contributed by atoms with Crippen LogP contribution in [-0.4, -0.2) is 35.9 Å². The van der Waals surface area contributed by atoms with Crippen molar-refractivity contribution >= 4 is 17.8 Å². The van der Waals surface area contributed by atoms with Crippen LogP contribution in [0.25, 0.3) is 11.3 Å². The van der Waals surface area contributed by atoms with E-state index in [-0.39, 0.29) is 18.6 Å². The molecule has 3 aromatic rings. The zero-order valence-electron chi connectivity index (χ0n) is 16.6. The molecule has 0 aliphatic rings. The van der Waals surface area contributed by atoms with Crippen molar-refractivity contribution in [2.24, 2.45) is 0 Å². The molecule has 0 saturated heterocycles. The molecule has 0 aliphatic heterocycles. The Kier molecular flexibility index (Phi) is 6.77. The number of nitrogens with one attached hydrogen (secondary N) is 2. The van der Waals surface area contributed by atoms with Gasteiger partial charge in [-0.25, -0.2) is 0 Å². The fraction of sp³-hybridized carbons (Fsp3) is 0.174. The first-order chi connectivity index (χ1) is 14.5. The highest BCUT2D eigenvalue weighted by Crippen LogP contribution is 2.24. The number of pyridine rings is 1. The second-order valence-corrected chi connectivity index (χ2v) is 6.73. The van der Waals surface area contributed by atoms with Crippen molar-refractivity contribution in [1.82, 2.24) is 10.3 Å². The maximum atomic E-state index is 12.9. The number of nitrogens with zero attached hydrogens (tertiary/aromatic N) is 1. The molecule has 0 bridgehead atoms. The number of rotatable bonds is 8. The van der Waals surface area contributed by atoms with Crippen molar-refractivity contribution in [2.45, 2.75) is 12.5 Å². The fourth-order valence-corrected chi connectivity index (χ4v) is 3.14. The smallest absolute Gasteiger partial charge is 0.251 e. The number of ether oxygens (including phenoxy) is 1. The minimum atomic E-state index is -0.366. The molecular formula is C23H24N4O3. The van der Waals surface area contributed by atoms with Gasteiger partial charge in [0.05, 0.1) is 18.8 Å². The first-order valence-corrected chi connectivity index (χ1v) is 9.47. The van der Waals surface area contributed by atoms with E-state index >= 15 is 0 Å². The number of aromatic nitrogens is 1. The van der Waals surface area contributed by atoms with Crippen molar-refractivity contribution < 1.29 is 14.6 Å². The lowest BCUT2D eigenvalue weighted by Gasteiger charge is -2.19. The van der Waals surface area contributed by atoms with Crippen LogP contribution in [0.1, 0.15) is 33.9 Å². The van der Waals surface area contributed by atoms with Gasteiger partial charge in [-0.15, -0.1) is 0 Å². The van der Waals surface area contributed by atoms with E-state index in [0.717, 1.165) is 11.1 Å². The highest BCUT2D eigenvalue weighted by atomic mass is 16.5. The predicted molar refractivity (Wildman–Crippen MR) is 117 cm³/mol. The molecule has 0 radical (unpaired) electrons. The molecular weight excluding hydrogens is 380 g/mol. The molecule has 5 N–H and O–H groups in total. The standard InChI is InChI=1S/C23H24N4O3/c1-30-19-4-2-3-15(12-19)21(8-10-28)27-23(29)17-7-9-26-22(13-17)16-5-6-20(25)18(11-16)14-24/h2-7,9,11-14,21,24,28H,8,10,25H2,1H3,(H,27,29). The minimum absolute atomic E-state index is 0.0679. The number of hydrogen-bond acceptors (Lipinski definition) is 6. The summed E-state index contributed by atoms with van der Waals surface area (Å²) in [7, 11) is 1.58. The van der Waals surface area contributed by atoms with E-state index in [9.17, 15) is 9.90 Å². The molecule has 0 fully saturated rings. The first-order valence-electron chi connectivity index (χ1n) is 9.47. The highest BCUT2D eigenvalue weighted by molar-refractivity contribution is 5.95. The molecule has 1 heterocycles. The third-order valence-electron chi connectivity index (χ3n) is 4.78. The van der Waals surface area contributed by atoms with Crippen LogP contribution in [0.3, 0.4) is 0 Å². The number of benzene rings is 2. The Hall–Kier alpha value is -3.71. The molecule has 1 aromatic heterocycles. The van der Waals surface area contributed by atoms with Crippen LogP contribution in [-0.2, 0) is 0 Å². The van der Waals surface area contributed by atoms with Crippen LogP contribution in [0.15, 0.2) is 60.8 Å². The zero-order chi connectivity index (χ0) is 21.5. The number of aliphatic hydroxyl groups excluding tert-OH is 1. The van der Waals surface area contributed by atoms with Gasteiger partial charge >= 0.3 is 0 Å². The molecule has 0 aliphatic carbocycles. The molecule has 7 heteroatoms. The van der Waals surface area contributed by atoms with Crippen LogP contribution >= 0.6 is 0 Å². The number of hydrogen-bond donors (Lipinski definition) is 4. The van der Waals surface area contributed by atoms with Crippen LogP contribution in [0.2, 0.25) is 0 Å². The Morgan fingerprint density at radius 3 is 2.83 bits per heavy atom. The topological polar surface area (TPSA) is 121 Å². The number of amides is 1. The molecule has 0 spiro atoms. The number of nitrogens with two attached hydrogens (primary N) is 1. The molecule has 3 rings (SSSR count). The van der Waals surface area contributed by atoms with E-state index < -0.39 is 0 Å². The molecule has 2 aromatic carbocycles. The number of aliphatic hydroxyl groups is 1. The maximum absolute atomic E-state index is 12.9. The Morgan fingerprint density at radius 1 is 1.27 bits per heavy atom. The number of anilines is 1. The van der Waals surface area contributed by atoms with Gasteiger partial charge in [0.2, 0.25) is 0 Å². The SMILES string of the molecule is COc1cccc(C(CCO)NC(=O)c2ccnc(-c3ccc(N)c(C=N)c3)c2)c1. The summed E-state index contributed by atoms with van der Waals surface area (Å²) in [6, 6.07) is 15.6. The van der Waals surface area contributed by atoms with Gasteiger partial charge < -0.3 is 26.3 Å². The Morgan fingerprint density at radius 2 is 2.10 bits per heavy atom. The molecule has 1 unspecified atom stereocenters. The van der Waals surface area contributed by atoms with E-state index in [2.05, 4.69) is 10.3 Å². The van der Waals surface area contributed by atoms with Crippen LogP contribution in [0, 0.1) is 5.41 Å². The van der Waals surface area contributed by atoms with Crippen molar-refractivity contribution in [3.05, 3.63) is 77.5 Å². The van der Waals surface area contributed by atoms with Gasteiger partial charge in [-0.2, -0.15) is 0 Å². The Balaban J connectivity index is 1.85. The van der Waals surface area contributed by atoms with Gasteiger partial charge in [-0.05, 0) is 48.4 Å². The fourth-order valence-electron chi connectivity index (χ4n) is 3.14. The normalized spacial score (nSPS) is 11.5. The monoisotopic (exact) mass is 404 g/mol. The zero-order valence-corrected chi connectivity index (χ0v) is 16.6.